The minimum absolute atomic E-state index is 0.0397. The Kier molecular flexibility index (Phi) is 3.51. The van der Waals surface area contributed by atoms with Gasteiger partial charge in [-0.2, -0.15) is 0 Å². The number of rotatable bonds is 6. The lowest BCUT2D eigenvalue weighted by Gasteiger charge is -2.15. The molecule has 1 aromatic heterocycles. The molecule has 1 aliphatic rings. The third kappa shape index (κ3) is 3.03. The molecule has 16 heavy (non-hydrogen) atoms. The number of carbonyl (C=O) groups is 1. The SMILES string of the molecule is NCC(NC(=O)CCn1ccnn1)C1CC1. The first-order chi connectivity index (χ1) is 7.79. The number of carbonyl (C=O) groups excluding carboxylic acids is 1. The van der Waals surface area contributed by atoms with Crippen molar-refractivity contribution in [2.75, 3.05) is 6.54 Å². The molecule has 0 aliphatic heterocycles. The van der Waals surface area contributed by atoms with Gasteiger partial charge in [-0.25, -0.2) is 0 Å². The van der Waals surface area contributed by atoms with Crippen LogP contribution >= 0.6 is 0 Å². The standard InChI is InChI=1S/C10H17N5O/c11-7-9(8-1-2-8)13-10(16)3-5-15-6-4-12-14-15/h4,6,8-9H,1-3,5,7,11H2,(H,13,16). The third-order valence-corrected chi connectivity index (χ3v) is 2.83. The highest BCUT2D eigenvalue weighted by Gasteiger charge is 2.30. The van der Waals surface area contributed by atoms with E-state index in [1.54, 1.807) is 17.1 Å². The lowest BCUT2D eigenvalue weighted by Crippen LogP contribution is -2.42. The largest absolute Gasteiger partial charge is 0.352 e. The van der Waals surface area contributed by atoms with E-state index in [9.17, 15) is 4.79 Å². The summed E-state index contributed by atoms with van der Waals surface area (Å²) in [6.45, 7) is 1.09. The Hall–Kier alpha value is -1.43. The molecule has 1 aliphatic carbocycles. The molecule has 0 spiro atoms. The van der Waals surface area contributed by atoms with Crippen molar-refractivity contribution in [1.82, 2.24) is 20.3 Å². The highest BCUT2D eigenvalue weighted by Crippen LogP contribution is 2.32. The van der Waals surface area contributed by atoms with Crippen molar-refractivity contribution in [3.8, 4) is 0 Å². The van der Waals surface area contributed by atoms with Crippen molar-refractivity contribution in [3.63, 3.8) is 0 Å². The monoisotopic (exact) mass is 223 g/mol. The first kappa shape index (κ1) is 11.1. The molecule has 88 valence electrons. The van der Waals surface area contributed by atoms with E-state index in [4.69, 9.17) is 5.73 Å². The van der Waals surface area contributed by atoms with Crippen LogP contribution in [-0.4, -0.2) is 33.5 Å². The molecule has 2 rings (SSSR count). The van der Waals surface area contributed by atoms with Gasteiger partial charge in [0.2, 0.25) is 5.91 Å². The molecular weight excluding hydrogens is 206 g/mol. The van der Waals surface area contributed by atoms with Crippen molar-refractivity contribution in [3.05, 3.63) is 12.4 Å². The zero-order valence-electron chi connectivity index (χ0n) is 9.17. The Morgan fingerprint density at radius 1 is 1.62 bits per heavy atom. The fourth-order valence-corrected chi connectivity index (χ4v) is 1.71. The van der Waals surface area contributed by atoms with Crippen LogP contribution in [0.1, 0.15) is 19.3 Å². The maximum Gasteiger partial charge on any atom is 0.222 e. The Morgan fingerprint density at radius 2 is 2.44 bits per heavy atom. The van der Waals surface area contributed by atoms with Gasteiger partial charge < -0.3 is 11.1 Å². The number of hydrogen-bond donors (Lipinski definition) is 2. The fourth-order valence-electron chi connectivity index (χ4n) is 1.71. The predicted molar refractivity (Wildman–Crippen MR) is 58.3 cm³/mol. The normalized spacial score (nSPS) is 17.1. The molecule has 3 N–H and O–H groups in total. The van der Waals surface area contributed by atoms with Gasteiger partial charge in [0.25, 0.3) is 0 Å². The second kappa shape index (κ2) is 5.07. The summed E-state index contributed by atoms with van der Waals surface area (Å²) in [6, 6.07) is 0.156. The van der Waals surface area contributed by atoms with Crippen molar-refractivity contribution in [2.45, 2.75) is 31.8 Å². The first-order valence-corrected chi connectivity index (χ1v) is 5.63. The Bertz CT molecular complexity index is 333. The Labute approximate surface area is 94.2 Å². The second-order valence-corrected chi connectivity index (χ2v) is 4.16. The summed E-state index contributed by atoms with van der Waals surface area (Å²) < 4.78 is 1.65. The molecule has 6 nitrogen and oxygen atoms in total. The van der Waals surface area contributed by atoms with Crippen LogP contribution in [0.5, 0.6) is 0 Å². The average Bonchev–Trinajstić information content (AvgIpc) is 3.00. The first-order valence-electron chi connectivity index (χ1n) is 5.63. The second-order valence-electron chi connectivity index (χ2n) is 4.16. The lowest BCUT2D eigenvalue weighted by atomic mass is 10.2. The van der Waals surface area contributed by atoms with E-state index in [0.717, 1.165) is 0 Å². The van der Waals surface area contributed by atoms with Crippen molar-refractivity contribution in [1.29, 1.82) is 0 Å². The molecule has 1 fully saturated rings. The lowest BCUT2D eigenvalue weighted by molar-refractivity contribution is -0.122. The smallest absolute Gasteiger partial charge is 0.222 e. The van der Waals surface area contributed by atoms with Gasteiger partial charge in [-0.3, -0.25) is 9.48 Å². The summed E-state index contributed by atoms with van der Waals surface area (Å²) in [5.41, 5.74) is 5.61. The number of aromatic nitrogens is 3. The maximum atomic E-state index is 11.6. The summed E-state index contributed by atoms with van der Waals surface area (Å²) in [5.74, 6) is 0.637. The molecule has 0 bridgehead atoms. The summed E-state index contributed by atoms with van der Waals surface area (Å²) >= 11 is 0. The predicted octanol–water partition coefficient (Wildman–Crippen LogP) is -0.478. The van der Waals surface area contributed by atoms with E-state index in [-0.39, 0.29) is 11.9 Å². The molecule has 1 atom stereocenters. The van der Waals surface area contributed by atoms with Crippen molar-refractivity contribution < 1.29 is 4.79 Å². The van der Waals surface area contributed by atoms with E-state index in [0.29, 0.717) is 25.4 Å². The molecule has 1 unspecified atom stereocenters. The van der Waals surface area contributed by atoms with E-state index >= 15 is 0 Å². The van der Waals surface area contributed by atoms with Gasteiger partial charge in [-0.15, -0.1) is 5.10 Å². The highest BCUT2D eigenvalue weighted by molar-refractivity contribution is 5.76. The van der Waals surface area contributed by atoms with E-state index in [1.165, 1.54) is 12.8 Å². The zero-order chi connectivity index (χ0) is 11.4. The van der Waals surface area contributed by atoms with E-state index in [1.807, 2.05) is 0 Å². The van der Waals surface area contributed by atoms with Gasteiger partial charge in [0.05, 0.1) is 12.7 Å². The molecule has 0 saturated heterocycles. The summed E-state index contributed by atoms with van der Waals surface area (Å²) in [6.07, 6.45) is 6.14. The van der Waals surface area contributed by atoms with E-state index < -0.39 is 0 Å². The van der Waals surface area contributed by atoms with Crippen LogP contribution in [0.3, 0.4) is 0 Å². The highest BCUT2D eigenvalue weighted by atomic mass is 16.1. The average molecular weight is 223 g/mol. The molecule has 0 radical (unpaired) electrons. The van der Waals surface area contributed by atoms with Crippen molar-refractivity contribution >= 4 is 5.91 Å². The molecular formula is C10H17N5O. The van der Waals surface area contributed by atoms with Gasteiger partial charge in [0, 0.05) is 25.2 Å². The Balaban J connectivity index is 1.71. The Morgan fingerprint density at radius 3 is 3.00 bits per heavy atom. The van der Waals surface area contributed by atoms with Gasteiger partial charge in [0.1, 0.15) is 0 Å². The number of amides is 1. The van der Waals surface area contributed by atoms with Crippen LogP contribution in [0, 0.1) is 5.92 Å². The van der Waals surface area contributed by atoms with Gasteiger partial charge in [-0.1, -0.05) is 5.21 Å². The number of nitrogens with one attached hydrogen (secondary N) is 1. The zero-order valence-corrected chi connectivity index (χ0v) is 9.17. The number of nitrogens with zero attached hydrogens (tertiary/aromatic N) is 3. The summed E-state index contributed by atoms with van der Waals surface area (Å²) in [5, 5.41) is 10.4. The van der Waals surface area contributed by atoms with Crippen LogP contribution in [0.4, 0.5) is 0 Å². The number of hydrogen-bond acceptors (Lipinski definition) is 4. The molecule has 1 aromatic rings. The quantitative estimate of drug-likeness (QED) is 0.682. The molecule has 1 heterocycles. The summed E-state index contributed by atoms with van der Waals surface area (Å²) in [7, 11) is 0. The number of nitrogens with two attached hydrogens (primary N) is 1. The van der Waals surface area contributed by atoms with E-state index in [2.05, 4.69) is 15.6 Å². The third-order valence-electron chi connectivity index (χ3n) is 2.83. The topological polar surface area (TPSA) is 85.8 Å². The van der Waals surface area contributed by atoms with Crippen LogP contribution in [-0.2, 0) is 11.3 Å². The minimum Gasteiger partial charge on any atom is -0.352 e. The molecule has 0 aromatic carbocycles. The van der Waals surface area contributed by atoms with Crippen LogP contribution in [0.2, 0.25) is 0 Å². The van der Waals surface area contributed by atoms with Gasteiger partial charge in [-0.05, 0) is 18.8 Å². The molecule has 1 amide bonds. The van der Waals surface area contributed by atoms with Gasteiger partial charge >= 0.3 is 0 Å². The van der Waals surface area contributed by atoms with Crippen LogP contribution < -0.4 is 11.1 Å². The minimum atomic E-state index is 0.0397. The fraction of sp³-hybridized carbons (Fsp3) is 0.700. The van der Waals surface area contributed by atoms with Crippen LogP contribution in [0.25, 0.3) is 0 Å². The maximum absolute atomic E-state index is 11.6. The van der Waals surface area contributed by atoms with Crippen LogP contribution in [0.15, 0.2) is 12.4 Å². The molecule has 6 heteroatoms. The van der Waals surface area contributed by atoms with Gasteiger partial charge in [0.15, 0.2) is 0 Å². The number of aryl methyl sites for hydroxylation is 1. The molecule has 1 saturated carbocycles. The van der Waals surface area contributed by atoms with Crippen molar-refractivity contribution in [2.24, 2.45) is 11.7 Å². The summed E-state index contributed by atoms with van der Waals surface area (Å²) in [4.78, 5) is 11.6.